The van der Waals surface area contributed by atoms with Gasteiger partial charge in [-0.15, -0.1) is 4.73 Å². The zero-order valence-corrected chi connectivity index (χ0v) is 21.4. The Hall–Kier alpha value is -3.26. The van der Waals surface area contributed by atoms with Gasteiger partial charge in [0.2, 0.25) is 0 Å². The SMILES string of the molecule is COc1ccc2cc(/C=C/c3c(Cl)c(C)c(Cl)c(=O)n3OS(=O)(=O)c3ccc(C)cc3)ccc2c1. The first-order valence-corrected chi connectivity index (χ1v) is 12.7. The zero-order valence-electron chi connectivity index (χ0n) is 19.1. The van der Waals surface area contributed by atoms with Crippen molar-refractivity contribution in [3.63, 3.8) is 0 Å². The van der Waals surface area contributed by atoms with Gasteiger partial charge >= 0.3 is 15.7 Å². The highest BCUT2D eigenvalue weighted by Crippen LogP contribution is 2.27. The minimum absolute atomic E-state index is 0.0454. The molecule has 0 saturated carbocycles. The molecule has 0 bridgehead atoms. The Morgan fingerprint density at radius 3 is 2.20 bits per heavy atom. The van der Waals surface area contributed by atoms with Crippen molar-refractivity contribution in [2.24, 2.45) is 0 Å². The van der Waals surface area contributed by atoms with Crippen LogP contribution in [0.5, 0.6) is 5.75 Å². The first kappa shape index (κ1) is 24.9. The Morgan fingerprint density at radius 1 is 0.857 bits per heavy atom. The first-order valence-electron chi connectivity index (χ1n) is 10.5. The van der Waals surface area contributed by atoms with Gasteiger partial charge in [0.25, 0.3) is 0 Å². The van der Waals surface area contributed by atoms with Gasteiger partial charge in [0, 0.05) is 0 Å². The maximum absolute atomic E-state index is 12.9. The average Bonchev–Trinajstić information content (AvgIpc) is 2.85. The highest BCUT2D eigenvalue weighted by Gasteiger charge is 2.23. The molecule has 6 nitrogen and oxygen atoms in total. The number of fused-ring (bicyclic) bond motifs is 1. The van der Waals surface area contributed by atoms with Crippen LogP contribution in [-0.4, -0.2) is 20.3 Å². The summed E-state index contributed by atoms with van der Waals surface area (Å²) >= 11 is 12.6. The largest absolute Gasteiger partial charge is 0.497 e. The minimum atomic E-state index is -4.34. The maximum atomic E-state index is 12.9. The number of nitrogens with zero attached hydrogens (tertiary/aromatic N) is 1. The molecule has 0 spiro atoms. The van der Waals surface area contributed by atoms with Crippen molar-refractivity contribution < 1.29 is 17.4 Å². The van der Waals surface area contributed by atoms with Crippen molar-refractivity contribution in [3.05, 3.63) is 103 Å². The number of pyridine rings is 1. The number of aromatic nitrogens is 1. The van der Waals surface area contributed by atoms with Gasteiger partial charge in [0.05, 0.1) is 12.1 Å². The molecule has 4 rings (SSSR count). The van der Waals surface area contributed by atoms with Crippen LogP contribution >= 0.6 is 23.2 Å². The normalized spacial score (nSPS) is 11.8. The minimum Gasteiger partial charge on any atom is -0.497 e. The van der Waals surface area contributed by atoms with Gasteiger partial charge in [-0.25, -0.2) is 0 Å². The molecule has 0 aliphatic heterocycles. The lowest BCUT2D eigenvalue weighted by Gasteiger charge is -2.15. The van der Waals surface area contributed by atoms with Crippen LogP contribution in [0.3, 0.4) is 0 Å². The van der Waals surface area contributed by atoms with Gasteiger partial charge in [-0.3, -0.25) is 9.08 Å². The Kier molecular flexibility index (Phi) is 6.94. The molecule has 180 valence electrons. The fraction of sp³-hybridized carbons (Fsp3) is 0.115. The molecule has 0 atom stereocenters. The van der Waals surface area contributed by atoms with E-state index in [0.29, 0.717) is 10.3 Å². The highest BCUT2D eigenvalue weighted by atomic mass is 35.5. The van der Waals surface area contributed by atoms with Crippen LogP contribution in [0.1, 0.15) is 22.4 Å². The predicted molar refractivity (Wildman–Crippen MR) is 140 cm³/mol. The van der Waals surface area contributed by atoms with Crippen molar-refractivity contribution in [2.45, 2.75) is 18.7 Å². The molecule has 4 aromatic rings. The molecular weight excluding hydrogens is 509 g/mol. The Bertz CT molecular complexity index is 1620. The second kappa shape index (κ2) is 9.77. The van der Waals surface area contributed by atoms with E-state index in [0.717, 1.165) is 27.6 Å². The summed E-state index contributed by atoms with van der Waals surface area (Å²) in [6, 6.07) is 17.5. The number of methoxy groups -OCH3 is 1. The lowest BCUT2D eigenvalue weighted by atomic mass is 10.1. The Morgan fingerprint density at radius 2 is 1.51 bits per heavy atom. The summed E-state index contributed by atoms with van der Waals surface area (Å²) in [6.45, 7) is 3.40. The number of halogens is 2. The molecule has 0 saturated heterocycles. The second-order valence-electron chi connectivity index (χ2n) is 7.89. The molecule has 0 unspecified atom stereocenters. The fourth-order valence-corrected chi connectivity index (χ4v) is 4.80. The van der Waals surface area contributed by atoms with Gasteiger partial charge in [-0.1, -0.05) is 65.2 Å². The van der Waals surface area contributed by atoms with E-state index < -0.39 is 15.7 Å². The summed E-state index contributed by atoms with van der Waals surface area (Å²) in [5.41, 5.74) is 1.20. The third-order valence-electron chi connectivity index (χ3n) is 5.46. The lowest BCUT2D eigenvalue weighted by molar-refractivity contribution is 0.265. The molecule has 0 N–H and O–H groups in total. The molecule has 0 radical (unpaired) electrons. The van der Waals surface area contributed by atoms with Crippen LogP contribution in [0.25, 0.3) is 22.9 Å². The van der Waals surface area contributed by atoms with E-state index in [1.807, 2.05) is 43.3 Å². The smallest absolute Gasteiger partial charge is 0.357 e. The third-order valence-corrected chi connectivity index (χ3v) is 7.58. The molecule has 0 amide bonds. The van der Waals surface area contributed by atoms with Crippen LogP contribution < -0.4 is 14.6 Å². The van der Waals surface area contributed by atoms with Gasteiger partial charge in [0.1, 0.15) is 21.4 Å². The summed E-state index contributed by atoms with van der Waals surface area (Å²) < 4.78 is 36.9. The van der Waals surface area contributed by atoms with Crippen LogP contribution in [0.2, 0.25) is 10.0 Å². The second-order valence-corrected chi connectivity index (χ2v) is 10.2. The van der Waals surface area contributed by atoms with Gasteiger partial charge in [-0.2, -0.15) is 8.42 Å². The quantitative estimate of drug-likeness (QED) is 0.309. The van der Waals surface area contributed by atoms with E-state index in [4.69, 9.17) is 32.2 Å². The van der Waals surface area contributed by atoms with E-state index >= 15 is 0 Å². The summed E-state index contributed by atoms with van der Waals surface area (Å²) in [4.78, 5) is 12.8. The fourth-order valence-electron chi connectivity index (χ4n) is 3.45. The van der Waals surface area contributed by atoms with Crippen molar-refractivity contribution in [1.82, 2.24) is 4.73 Å². The summed E-state index contributed by atoms with van der Waals surface area (Å²) in [6.07, 6.45) is 3.22. The van der Waals surface area contributed by atoms with Gasteiger partial charge in [-0.05, 0) is 72.2 Å². The van der Waals surface area contributed by atoms with Crippen LogP contribution in [-0.2, 0) is 10.1 Å². The number of hydrogen-bond acceptors (Lipinski definition) is 5. The van der Waals surface area contributed by atoms with E-state index in [9.17, 15) is 13.2 Å². The highest BCUT2D eigenvalue weighted by molar-refractivity contribution is 7.87. The molecule has 0 aliphatic carbocycles. The molecule has 0 aliphatic rings. The standard InChI is InChI=1S/C26H21Cl2NO5S/c1-16-4-11-22(12-5-16)35(31,32)34-29-23(24(27)17(2)25(28)26(29)30)13-7-18-6-8-20-15-21(33-3)10-9-19(20)14-18/h4-15H,1-3H3/b13-7+. The Balaban J connectivity index is 1.78. The molecule has 1 aromatic heterocycles. The Labute approximate surface area is 213 Å². The summed E-state index contributed by atoms with van der Waals surface area (Å²) in [5, 5.41) is 1.83. The molecular formula is C26H21Cl2NO5S. The van der Waals surface area contributed by atoms with E-state index in [-0.39, 0.29) is 20.6 Å². The molecule has 9 heteroatoms. The van der Waals surface area contributed by atoms with Crippen molar-refractivity contribution in [2.75, 3.05) is 7.11 Å². The van der Waals surface area contributed by atoms with E-state index in [1.165, 1.54) is 18.2 Å². The molecule has 1 heterocycles. The summed E-state index contributed by atoms with van der Waals surface area (Å²) in [7, 11) is -2.73. The first-order chi connectivity index (χ1) is 16.6. The lowest BCUT2D eigenvalue weighted by Crippen LogP contribution is -2.33. The monoisotopic (exact) mass is 529 g/mol. The van der Waals surface area contributed by atoms with Crippen molar-refractivity contribution in [3.8, 4) is 5.75 Å². The number of rotatable bonds is 6. The zero-order chi connectivity index (χ0) is 25.3. The number of aryl methyl sites for hydroxylation is 1. The number of hydrogen-bond donors (Lipinski definition) is 0. The molecule has 3 aromatic carbocycles. The average molecular weight is 530 g/mol. The third kappa shape index (κ3) is 5.07. The van der Waals surface area contributed by atoms with Crippen LogP contribution in [0, 0.1) is 13.8 Å². The summed E-state index contributed by atoms with van der Waals surface area (Å²) in [5.74, 6) is 0.750. The van der Waals surface area contributed by atoms with Crippen LogP contribution in [0.4, 0.5) is 0 Å². The molecule has 35 heavy (non-hydrogen) atoms. The van der Waals surface area contributed by atoms with Gasteiger partial charge < -0.3 is 4.74 Å². The maximum Gasteiger partial charge on any atom is 0.357 e. The topological polar surface area (TPSA) is 74.6 Å². The van der Waals surface area contributed by atoms with Crippen molar-refractivity contribution in [1.29, 1.82) is 0 Å². The van der Waals surface area contributed by atoms with E-state index in [2.05, 4.69) is 0 Å². The van der Waals surface area contributed by atoms with Crippen LogP contribution in [0.15, 0.2) is 70.4 Å². The van der Waals surface area contributed by atoms with Gasteiger partial charge in [0.15, 0.2) is 0 Å². The number of ether oxygens (including phenoxy) is 1. The number of benzene rings is 3. The van der Waals surface area contributed by atoms with Crippen molar-refractivity contribution >= 4 is 56.2 Å². The predicted octanol–water partition coefficient (Wildman–Crippen LogP) is 5.92. The molecule has 0 fully saturated rings. The van der Waals surface area contributed by atoms with E-state index in [1.54, 1.807) is 32.2 Å².